The van der Waals surface area contributed by atoms with Crippen LogP contribution >= 0.6 is 0 Å². The number of carbonyl (C=O) groups excluding carboxylic acids is 3. The van der Waals surface area contributed by atoms with Gasteiger partial charge in [0.05, 0.1) is 0 Å². The van der Waals surface area contributed by atoms with Crippen LogP contribution in [0.4, 0.5) is 10.5 Å². The van der Waals surface area contributed by atoms with Crippen molar-refractivity contribution in [1.82, 2.24) is 10.2 Å². The van der Waals surface area contributed by atoms with E-state index in [4.69, 9.17) is 0 Å². The van der Waals surface area contributed by atoms with Gasteiger partial charge < -0.3 is 5.32 Å². The van der Waals surface area contributed by atoms with Gasteiger partial charge in [-0.25, -0.2) is 4.79 Å². The van der Waals surface area contributed by atoms with Crippen molar-refractivity contribution in [2.75, 3.05) is 11.4 Å². The number of hydrogen-bond acceptors (Lipinski definition) is 3. The third-order valence-corrected chi connectivity index (χ3v) is 4.89. The third-order valence-electron chi connectivity index (χ3n) is 4.89. The summed E-state index contributed by atoms with van der Waals surface area (Å²) in [5.74, 6) is -0.00289. The summed E-state index contributed by atoms with van der Waals surface area (Å²) in [5, 5.41) is 2.89. The Labute approximate surface area is 161 Å². The molecule has 0 aromatic heterocycles. The Morgan fingerprint density at radius 2 is 1.74 bits per heavy atom. The van der Waals surface area contributed by atoms with Crippen molar-refractivity contribution in [2.24, 2.45) is 5.92 Å². The molecule has 1 fully saturated rings. The summed E-state index contributed by atoms with van der Waals surface area (Å²) in [5.41, 5.74) is 1.74. The Kier molecular flexibility index (Phi) is 6.99. The molecule has 0 saturated carbocycles. The molecule has 0 spiro atoms. The SMILES string of the molecule is Cc1ccc(N2C(=O)N(CC(=O)N[C@H](C)CCCC(C)C)C(=O)[C@@H]2C)cc1. The van der Waals surface area contributed by atoms with Crippen LogP contribution in [0.5, 0.6) is 0 Å². The van der Waals surface area contributed by atoms with Gasteiger partial charge in [-0.3, -0.25) is 19.4 Å². The molecule has 4 amide bonds. The van der Waals surface area contributed by atoms with Crippen LogP contribution in [0, 0.1) is 12.8 Å². The first-order valence-corrected chi connectivity index (χ1v) is 9.71. The predicted molar refractivity (Wildman–Crippen MR) is 107 cm³/mol. The molecule has 1 aromatic carbocycles. The number of anilines is 1. The zero-order valence-electron chi connectivity index (χ0n) is 17.0. The summed E-state index contributed by atoms with van der Waals surface area (Å²) in [6, 6.07) is 6.39. The van der Waals surface area contributed by atoms with E-state index in [-0.39, 0.29) is 24.4 Å². The van der Waals surface area contributed by atoms with E-state index in [1.54, 1.807) is 6.92 Å². The highest BCUT2D eigenvalue weighted by molar-refractivity contribution is 6.15. The quantitative estimate of drug-likeness (QED) is 0.709. The molecule has 1 saturated heterocycles. The molecule has 6 nitrogen and oxygen atoms in total. The summed E-state index contributed by atoms with van der Waals surface area (Å²) in [7, 11) is 0. The Bertz CT molecular complexity index is 684. The number of rotatable bonds is 8. The van der Waals surface area contributed by atoms with Gasteiger partial charge in [-0.05, 0) is 45.2 Å². The van der Waals surface area contributed by atoms with Gasteiger partial charge in [-0.15, -0.1) is 0 Å². The highest BCUT2D eigenvalue weighted by Crippen LogP contribution is 2.25. The number of nitrogens with zero attached hydrogens (tertiary/aromatic N) is 2. The van der Waals surface area contributed by atoms with Gasteiger partial charge in [-0.1, -0.05) is 44.4 Å². The van der Waals surface area contributed by atoms with Gasteiger partial charge in [0.1, 0.15) is 12.6 Å². The van der Waals surface area contributed by atoms with Crippen LogP contribution in [0.15, 0.2) is 24.3 Å². The second-order valence-electron chi connectivity index (χ2n) is 7.88. The van der Waals surface area contributed by atoms with Crippen molar-refractivity contribution >= 4 is 23.5 Å². The number of amides is 4. The maximum Gasteiger partial charge on any atom is 0.332 e. The largest absolute Gasteiger partial charge is 0.352 e. The van der Waals surface area contributed by atoms with E-state index in [1.807, 2.05) is 38.1 Å². The van der Waals surface area contributed by atoms with Crippen molar-refractivity contribution in [2.45, 2.75) is 66.0 Å². The molecule has 1 aromatic rings. The van der Waals surface area contributed by atoms with Crippen molar-refractivity contribution in [3.05, 3.63) is 29.8 Å². The molecule has 1 aliphatic heterocycles. The highest BCUT2D eigenvalue weighted by Gasteiger charge is 2.44. The average molecular weight is 373 g/mol. The van der Waals surface area contributed by atoms with E-state index in [0.717, 1.165) is 29.7 Å². The molecule has 6 heteroatoms. The van der Waals surface area contributed by atoms with Crippen molar-refractivity contribution in [3.63, 3.8) is 0 Å². The average Bonchev–Trinajstić information content (AvgIpc) is 2.79. The lowest BCUT2D eigenvalue weighted by molar-refractivity contribution is -0.132. The predicted octanol–water partition coefficient (Wildman–Crippen LogP) is 3.48. The summed E-state index contributed by atoms with van der Waals surface area (Å²) in [4.78, 5) is 40.1. The van der Waals surface area contributed by atoms with Crippen LogP contribution in [0.2, 0.25) is 0 Å². The first-order valence-electron chi connectivity index (χ1n) is 9.71. The molecule has 2 atom stereocenters. The fraction of sp³-hybridized carbons (Fsp3) is 0.571. The van der Waals surface area contributed by atoms with Crippen LogP contribution in [0.1, 0.15) is 52.5 Å². The standard InChI is InChI=1S/C21H31N3O3/c1-14(2)7-6-8-16(4)22-19(25)13-23-20(26)17(5)24(21(23)27)18-11-9-15(3)10-12-18/h9-12,14,16-17H,6-8,13H2,1-5H3,(H,22,25)/t16-,17+/m1/s1. The number of aryl methyl sites for hydroxylation is 1. The van der Waals surface area contributed by atoms with E-state index in [0.29, 0.717) is 11.6 Å². The smallest absolute Gasteiger partial charge is 0.332 e. The molecule has 0 radical (unpaired) electrons. The second kappa shape index (κ2) is 9.02. The molecule has 1 N–H and O–H groups in total. The van der Waals surface area contributed by atoms with Gasteiger partial charge in [-0.2, -0.15) is 0 Å². The Balaban J connectivity index is 1.96. The molecule has 0 bridgehead atoms. The number of nitrogens with one attached hydrogen (secondary N) is 1. The van der Waals surface area contributed by atoms with Gasteiger partial charge in [0, 0.05) is 11.7 Å². The summed E-state index contributed by atoms with van der Waals surface area (Å²) >= 11 is 0. The van der Waals surface area contributed by atoms with E-state index in [2.05, 4.69) is 19.2 Å². The normalized spacial score (nSPS) is 18.4. The first-order chi connectivity index (χ1) is 12.7. The number of carbonyl (C=O) groups is 3. The van der Waals surface area contributed by atoms with Crippen LogP contribution in [-0.4, -0.2) is 41.4 Å². The van der Waals surface area contributed by atoms with E-state index in [1.165, 1.54) is 4.90 Å². The lowest BCUT2D eigenvalue weighted by Crippen LogP contribution is -2.44. The first kappa shape index (κ1) is 20.9. The molecule has 0 aliphatic carbocycles. The Morgan fingerprint density at radius 3 is 2.33 bits per heavy atom. The number of urea groups is 1. The van der Waals surface area contributed by atoms with E-state index < -0.39 is 12.1 Å². The molecule has 1 aliphatic rings. The Hall–Kier alpha value is -2.37. The zero-order chi connectivity index (χ0) is 20.1. The maximum atomic E-state index is 12.7. The zero-order valence-corrected chi connectivity index (χ0v) is 17.0. The number of benzene rings is 1. The van der Waals surface area contributed by atoms with Crippen LogP contribution in [-0.2, 0) is 9.59 Å². The van der Waals surface area contributed by atoms with Crippen molar-refractivity contribution in [1.29, 1.82) is 0 Å². The molecule has 0 unspecified atom stereocenters. The van der Waals surface area contributed by atoms with Crippen LogP contribution in [0.3, 0.4) is 0 Å². The molecule has 27 heavy (non-hydrogen) atoms. The summed E-state index contributed by atoms with van der Waals surface area (Å²) in [6.07, 6.45) is 3.04. The maximum absolute atomic E-state index is 12.7. The minimum Gasteiger partial charge on any atom is -0.352 e. The van der Waals surface area contributed by atoms with Crippen LogP contribution in [0.25, 0.3) is 0 Å². The minimum atomic E-state index is -0.614. The lowest BCUT2D eigenvalue weighted by atomic mass is 10.0. The topological polar surface area (TPSA) is 69.7 Å². The monoisotopic (exact) mass is 373 g/mol. The molecular weight excluding hydrogens is 342 g/mol. The fourth-order valence-electron chi connectivity index (χ4n) is 3.28. The van der Waals surface area contributed by atoms with Gasteiger partial charge >= 0.3 is 6.03 Å². The van der Waals surface area contributed by atoms with Crippen molar-refractivity contribution in [3.8, 4) is 0 Å². The lowest BCUT2D eigenvalue weighted by Gasteiger charge is -2.20. The summed E-state index contributed by atoms with van der Waals surface area (Å²) < 4.78 is 0. The molecule has 148 valence electrons. The summed E-state index contributed by atoms with van der Waals surface area (Å²) in [6.45, 7) is 9.71. The Morgan fingerprint density at radius 1 is 1.11 bits per heavy atom. The molecule has 2 rings (SSSR count). The number of imide groups is 1. The highest BCUT2D eigenvalue weighted by atomic mass is 16.2. The third kappa shape index (κ3) is 5.31. The van der Waals surface area contributed by atoms with E-state index >= 15 is 0 Å². The molecular formula is C21H31N3O3. The number of hydrogen-bond donors (Lipinski definition) is 1. The van der Waals surface area contributed by atoms with Gasteiger partial charge in [0.25, 0.3) is 5.91 Å². The fourth-order valence-corrected chi connectivity index (χ4v) is 3.28. The van der Waals surface area contributed by atoms with E-state index in [9.17, 15) is 14.4 Å². The molecule has 1 heterocycles. The van der Waals surface area contributed by atoms with Crippen LogP contribution < -0.4 is 10.2 Å². The second-order valence-corrected chi connectivity index (χ2v) is 7.88. The van der Waals surface area contributed by atoms with Crippen molar-refractivity contribution < 1.29 is 14.4 Å². The minimum absolute atomic E-state index is 0.0229. The van der Waals surface area contributed by atoms with Gasteiger partial charge in [0.2, 0.25) is 5.91 Å². The van der Waals surface area contributed by atoms with Gasteiger partial charge in [0.15, 0.2) is 0 Å².